The van der Waals surface area contributed by atoms with Crippen LogP contribution in [0.3, 0.4) is 0 Å². The van der Waals surface area contributed by atoms with Crippen molar-refractivity contribution in [3.05, 3.63) is 0 Å². The van der Waals surface area contributed by atoms with Gasteiger partial charge in [0, 0.05) is 13.0 Å². The number of phosphoric acid groups is 1. The molecule has 0 heterocycles. The highest BCUT2D eigenvalue weighted by Gasteiger charge is 2.20. The first-order valence-electron chi connectivity index (χ1n) is 19.3. The van der Waals surface area contributed by atoms with Crippen molar-refractivity contribution in [2.24, 2.45) is 0 Å². The van der Waals surface area contributed by atoms with Crippen molar-refractivity contribution in [2.45, 2.75) is 180 Å². The summed E-state index contributed by atoms with van der Waals surface area (Å²) in [5.41, 5.74) is 0. The fourth-order valence-electron chi connectivity index (χ4n) is 5.37. The molecule has 0 fully saturated rings. The van der Waals surface area contributed by atoms with Gasteiger partial charge in [-0.15, -0.1) is 0 Å². The van der Waals surface area contributed by atoms with E-state index < -0.39 is 13.9 Å². The topological polar surface area (TPSA) is 94.1 Å². The first kappa shape index (κ1) is 45.5. The van der Waals surface area contributed by atoms with Crippen LogP contribution in [0.2, 0.25) is 0 Å². The molecule has 0 N–H and O–H groups in total. The standard InChI is InChI=1S/C37H76NO7P/c1-6-8-10-12-14-16-18-19-21-23-25-27-29-32-42-34-36(35-44-46(40,41)43-33-31-38(3,4)5)45-37(39)30-28-26-24-22-20-17-15-13-11-9-7-2/h36H,6-35H2,1-5H3. The maximum atomic E-state index is 12.6. The van der Waals surface area contributed by atoms with Crippen molar-refractivity contribution in [2.75, 3.05) is 54.1 Å². The zero-order valence-electron chi connectivity index (χ0n) is 31.0. The number of nitrogens with zero attached hydrogens (tertiary/aromatic N) is 1. The monoisotopic (exact) mass is 678 g/mol. The Morgan fingerprint density at radius 1 is 0.587 bits per heavy atom. The van der Waals surface area contributed by atoms with Crippen LogP contribution in [0.4, 0.5) is 0 Å². The Morgan fingerprint density at radius 3 is 1.43 bits per heavy atom. The van der Waals surface area contributed by atoms with Crippen LogP contribution in [0.25, 0.3) is 0 Å². The van der Waals surface area contributed by atoms with Gasteiger partial charge in [-0.2, -0.15) is 0 Å². The van der Waals surface area contributed by atoms with Crippen LogP contribution in [0, 0.1) is 0 Å². The largest absolute Gasteiger partial charge is 0.756 e. The number of phosphoric ester groups is 1. The SMILES string of the molecule is CCCCCCCCCCCCCCCOCC(COP(=O)([O-])OCC[N+](C)(C)C)OC(=O)CCCCCCCCCCCCC. The van der Waals surface area contributed by atoms with E-state index in [9.17, 15) is 14.3 Å². The van der Waals surface area contributed by atoms with E-state index in [2.05, 4.69) is 13.8 Å². The molecule has 8 nitrogen and oxygen atoms in total. The van der Waals surface area contributed by atoms with Gasteiger partial charge in [0.05, 0.1) is 34.4 Å². The molecule has 0 aliphatic rings. The van der Waals surface area contributed by atoms with Crippen molar-refractivity contribution in [1.29, 1.82) is 0 Å². The van der Waals surface area contributed by atoms with Gasteiger partial charge in [-0.3, -0.25) is 9.36 Å². The quantitative estimate of drug-likeness (QED) is 0.0282. The molecule has 0 aromatic carbocycles. The van der Waals surface area contributed by atoms with Gasteiger partial charge in [-0.05, 0) is 12.8 Å². The maximum Gasteiger partial charge on any atom is 0.306 e. The molecule has 9 heteroatoms. The number of unbranched alkanes of at least 4 members (excludes halogenated alkanes) is 22. The van der Waals surface area contributed by atoms with Gasteiger partial charge in [0.15, 0.2) is 0 Å². The number of likely N-dealkylation sites (N-methyl/N-ethyl adjacent to an activating group) is 1. The fourth-order valence-corrected chi connectivity index (χ4v) is 6.10. The highest BCUT2D eigenvalue weighted by Crippen LogP contribution is 2.38. The second-order valence-corrected chi connectivity index (χ2v) is 15.7. The Kier molecular flexibility index (Phi) is 31.4. The van der Waals surface area contributed by atoms with E-state index in [4.69, 9.17) is 18.5 Å². The molecular weight excluding hydrogens is 601 g/mol. The lowest BCUT2D eigenvalue weighted by Crippen LogP contribution is -2.37. The van der Waals surface area contributed by atoms with Crippen molar-refractivity contribution in [3.8, 4) is 0 Å². The third-order valence-corrected chi connectivity index (χ3v) is 9.37. The summed E-state index contributed by atoms with van der Waals surface area (Å²) in [5.74, 6) is -0.333. The van der Waals surface area contributed by atoms with E-state index >= 15 is 0 Å². The summed E-state index contributed by atoms with van der Waals surface area (Å²) in [6.07, 6.45) is 29.6. The molecule has 0 aliphatic heterocycles. The normalized spacial score (nSPS) is 14.0. The summed E-state index contributed by atoms with van der Waals surface area (Å²) in [4.78, 5) is 24.9. The van der Waals surface area contributed by atoms with Crippen LogP contribution in [0.5, 0.6) is 0 Å². The molecule has 0 saturated heterocycles. The van der Waals surface area contributed by atoms with E-state index in [1.165, 1.54) is 122 Å². The van der Waals surface area contributed by atoms with Crippen LogP contribution in [0.1, 0.15) is 174 Å². The van der Waals surface area contributed by atoms with E-state index in [-0.39, 0.29) is 25.8 Å². The van der Waals surface area contributed by atoms with Gasteiger partial charge in [-0.25, -0.2) is 0 Å². The molecule has 0 saturated carbocycles. The molecule has 0 amide bonds. The van der Waals surface area contributed by atoms with Crippen LogP contribution in [0.15, 0.2) is 0 Å². The van der Waals surface area contributed by atoms with Gasteiger partial charge in [0.1, 0.15) is 19.3 Å². The minimum Gasteiger partial charge on any atom is -0.756 e. The second kappa shape index (κ2) is 31.7. The van der Waals surface area contributed by atoms with E-state index in [1.54, 1.807) is 0 Å². The third kappa shape index (κ3) is 34.8. The molecule has 276 valence electrons. The molecule has 0 aliphatic carbocycles. The van der Waals surface area contributed by atoms with Gasteiger partial charge >= 0.3 is 5.97 Å². The molecule has 0 radical (unpaired) electrons. The van der Waals surface area contributed by atoms with Crippen molar-refractivity contribution >= 4 is 13.8 Å². The zero-order valence-corrected chi connectivity index (χ0v) is 31.9. The van der Waals surface area contributed by atoms with E-state index in [0.717, 1.165) is 32.1 Å². The Hall–Kier alpha value is -0.500. The average Bonchev–Trinajstić information content (AvgIpc) is 2.99. The zero-order chi connectivity index (χ0) is 34.2. The maximum absolute atomic E-state index is 12.6. The number of carbonyl (C=O) groups is 1. The Labute approximate surface area is 285 Å². The van der Waals surface area contributed by atoms with E-state index in [1.807, 2.05) is 21.1 Å². The number of esters is 1. The number of carbonyl (C=O) groups excluding carboxylic acids is 1. The summed E-state index contributed by atoms with van der Waals surface area (Å²) >= 11 is 0. The lowest BCUT2D eigenvalue weighted by atomic mass is 10.0. The predicted octanol–water partition coefficient (Wildman–Crippen LogP) is 9.91. The summed E-state index contributed by atoms with van der Waals surface area (Å²) in [7, 11) is 1.37. The molecule has 0 aromatic heterocycles. The Morgan fingerprint density at radius 2 is 1.00 bits per heavy atom. The van der Waals surface area contributed by atoms with Gasteiger partial charge in [0.2, 0.25) is 0 Å². The molecule has 0 aromatic rings. The van der Waals surface area contributed by atoms with Crippen molar-refractivity contribution in [1.82, 2.24) is 0 Å². The second-order valence-electron chi connectivity index (χ2n) is 14.3. The molecule has 0 bridgehead atoms. The van der Waals surface area contributed by atoms with Gasteiger partial charge in [0.25, 0.3) is 7.82 Å². The highest BCUT2D eigenvalue weighted by atomic mass is 31.2. The third-order valence-electron chi connectivity index (χ3n) is 8.41. The number of hydrogen-bond donors (Lipinski definition) is 0. The van der Waals surface area contributed by atoms with Crippen LogP contribution in [-0.2, 0) is 27.9 Å². The number of rotatable bonds is 36. The summed E-state index contributed by atoms with van der Waals surface area (Å²) in [6, 6.07) is 0. The van der Waals surface area contributed by atoms with Crippen LogP contribution in [-0.4, -0.2) is 70.7 Å². The molecule has 2 unspecified atom stereocenters. The van der Waals surface area contributed by atoms with Gasteiger partial charge in [-0.1, -0.05) is 155 Å². The number of hydrogen-bond acceptors (Lipinski definition) is 7. The fraction of sp³-hybridized carbons (Fsp3) is 0.973. The van der Waals surface area contributed by atoms with Crippen molar-refractivity contribution < 1.29 is 37.3 Å². The minimum atomic E-state index is -4.51. The van der Waals surface area contributed by atoms with E-state index in [0.29, 0.717) is 24.1 Å². The number of quaternary nitrogens is 1. The molecular formula is C37H76NO7P. The van der Waals surface area contributed by atoms with Crippen molar-refractivity contribution in [3.63, 3.8) is 0 Å². The first-order valence-corrected chi connectivity index (χ1v) is 20.7. The number of ether oxygens (including phenoxy) is 2. The highest BCUT2D eigenvalue weighted by molar-refractivity contribution is 7.45. The Bertz CT molecular complexity index is 716. The molecule has 0 rings (SSSR count). The van der Waals surface area contributed by atoms with Crippen LogP contribution >= 0.6 is 7.82 Å². The van der Waals surface area contributed by atoms with Crippen LogP contribution < -0.4 is 4.89 Å². The average molecular weight is 678 g/mol. The Balaban J connectivity index is 4.26. The smallest absolute Gasteiger partial charge is 0.306 e. The first-order chi connectivity index (χ1) is 22.1. The summed E-state index contributed by atoms with van der Waals surface area (Å²) in [6.45, 7) is 5.43. The van der Waals surface area contributed by atoms with Gasteiger partial charge < -0.3 is 27.9 Å². The predicted molar refractivity (Wildman–Crippen MR) is 190 cm³/mol. The molecule has 0 spiro atoms. The summed E-state index contributed by atoms with van der Waals surface area (Å²) < 4.78 is 34.4. The molecule has 46 heavy (non-hydrogen) atoms. The minimum absolute atomic E-state index is 0.0309. The lowest BCUT2D eigenvalue weighted by Gasteiger charge is -2.28. The lowest BCUT2D eigenvalue weighted by molar-refractivity contribution is -0.870. The summed E-state index contributed by atoms with van der Waals surface area (Å²) in [5, 5.41) is 0. The molecule has 2 atom stereocenters.